The standard InChI is InChI=1S/C12H18N4O2/c1-8-5-10(16(17)18)11(14-6-8)15-12(2,7-13)9-3-4-9/h5-6,9H,3-4,7,13H2,1-2H3,(H,14,15). The molecular formula is C12H18N4O2. The molecule has 1 saturated carbocycles. The van der Waals surface area contributed by atoms with Crippen molar-refractivity contribution in [1.29, 1.82) is 0 Å². The van der Waals surface area contributed by atoms with Gasteiger partial charge in [-0.2, -0.15) is 0 Å². The molecule has 0 aromatic carbocycles. The number of rotatable bonds is 5. The fourth-order valence-electron chi connectivity index (χ4n) is 2.10. The van der Waals surface area contributed by atoms with Crippen LogP contribution in [0.5, 0.6) is 0 Å². The minimum atomic E-state index is -0.411. The number of hydrogen-bond donors (Lipinski definition) is 2. The maximum Gasteiger partial charge on any atom is 0.311 e. The van der Waals surface area contributed by atoms with Gasteiger partial charge in [0.05, 0.1) is 10.5 Å². The Morgan fingerprint density at radius 1 is 1.67 bits per heavy atom. The first-order chi connectivity index (χ1) is 8.46. The Labute approximate surface area is 106 Å². The predicted molar refractivity (Wildman–Crippen MR) is 69.4 cm³/mol. The average Bonchev–Trinajstić information content (AvgIpc) is 3.15. The summed E-state index contributed by atoms with van der Waals surface area (Å²) in [6, 6.07) is 1.53. The van der Waals surface area contributed by atoms with Crippen LogP contribution in [-0.4, -0.2) is 22.0 Å². The van der Waals surface area contributed by atoms with Crippen molar-refractivity contribution in [3.05, 3.63) is 27.9 Å². The van der Waals surface area contributed by atoms with E-state index in [-0.39, 0.29) is 11.2 Å². The van der Waals surface area contributed by atoms with Gasteiger partial charge in [0.1, 0.15) is 0 Å². The molecule has 0 aliphatic heterocycles. The van der Waals surface area contributed by atoms with E-state index in [9.17, 15) is 10.1 Å². The predicted octanol–water partition coefficient (Wildman–Crippen LogP) is 1.84. The maximum atomic E-state index is 11.0. The molecule has 0 spiro atoms. The quantitative estimate of drug-likeness (QED) is 0.614. The van der Waals surface area contributed by atoms with Crippen molar-refractivity contribution in [3.8, 4) is 0 Å². The van der Waals surface area contributed by atoms with Crippen molar-refractivity contribution in [2.75, 3.05) is 11.9 Å². The van der Waals surface area contributed by atoms with Crippen LogP contribution in [0.1, 0.15) is 25.3 Å². The number of aryl methyl sites for hydroxylation is 1. The first-order valence-electron chi connectivity index (χ1n) is 6.05. The van der Waals surface area contributed by atoms with Crippen LogP contribution >= 0.6 is 0 Å². The van der Waals surface area contributed by atoms with Gasteiger partial charge in [0, 0.05) is 18.8 Å². The fourth-order valence-corrected chi connectivity index (χ4v) is 2.10. The van der Waals surface area contributed by atoms with Gasteiger partial charge < -0.3 is 11.1 Å². The number of nitrogens with zero attached hydrogens (tertiary/aromatic N) is 2. The highest BCUT2D eigenvalue weighted by atomic mass is 16.6. The van der Waals surface area contributed by atoms with E-state index in [1.165, 1.54) is 6.07 Å². The zero-order valence-corrected chi connectivity index (χ0v) is 10.6. The van der Waals surface area contributed by atoms with Crippen LogP contribution in [-0.2, 0) is 0 Å². The van der Waals surface area contributed by atoms with Crippen LogP contribution < -0.4 is 11.1 Å². The highest BCUT2D eigenvalue weighted by molar-refractivity contribution is 5.58. The molecule has 3 N–H and O–H groups in total. The van der Waals surface area contributed by atoms with Crippen LogP contribution in [0.2, 0.25) is 0 Å². The Kier molecular flexibility index (Phi) is 3.21. The highest BCUT2D eigenvalue weighted by Gasteiger charge is 2.41. The van der Waals surface area contributed by atoms with Crippen molar-refractivity contribution < 1.29 is 4.92 Å². The Morgan fingerprint density at radius 2 is 2.33 bits per heavy atom. The smallest absolute Gasteiger partial charge is 0.311 e. The normalized spacial score (nSPS) is 18.2. The summed E-state index contributed by atoms with van der Waals surface area (Å²) in [7, 11) is 0. The lowest BCUT2D eigenvalue weighted by Crippen LogP contribution is -2.45. The average molecular weight is 250 g/mol. The summed E-state index contributed by atoms with van der Waals surface area (Å²) in [5, 5.41) is 14.2. The van der Waals surface area contributed by atoms with Gasteiger partial charge in [0.2, 0.25) is 5.82 Å². The van der Waals surface area contributed by atoms with E-state index in [2.05, 4.69) is 10.3 Å². The van der Waals surface area contributed by atoms with Crippen LogP contribution in [0.3, 0.4) is 0 Å². The van der Waals surface area contributed by atoms with Crippen molar-refractivity contribution in [3.63, 3.8) is 0 Å². The van der Waals surface area contributed by atoms with Crippen molar-refractivity contribution in [1.82, 2.24) is 4.98 Å². The number of nitro groups is 1. The second kappa shape index (κ2) is 4.53. The monoisotopic (exact) mass is 250 g/mol. The Morgan fingerprint density at radius 3 is 2.83 bits per heavy atom. The summed E-state index contributed by atoms with van der Waals surface area (Å²) in [5.41, 5.74) is 6.26. The van der Waals surface area contributed by atoms with Gasteiger partial charge in [0.25, 0.3) is 0 Å². The molecule has 98 valence electrons. The Bertz CT molecular complexity index is 473. The fraction of sp³-hybridized carbons (Fsp3) is 0.583. The first kappa shape index (κ1) is 12.8. The third kappa shape index (κ3) is 2.43. The number of nitrogens with one attached hydrogen (secondary N) is 1. The summed E-state index contributed by atoms with van der Waals surface area (Å²) >= 11 is 0. The van der Waals surface area contributed by atoms with E-state index in [1.54, 1.807) is 13.1 Å². The third-order valence-electron chi connectivity index (χ3n) is 3.51. The number of nitrogens with two attached hydrogens (primary N) is 1. The van der Waals surface area contributed by atoms with Gasteiger partial charge in [-0.25, -0.2) is 4.98 Å². The van der Waals surface area contributed by atoms with E-state index >= 15 is 0 Å². The second-order valence-corrected chi connectivity index (χ2v) is 5.16. The highest BCUT2D eigenvalue weighted by Crippen LogP contribution is 2.41. The summed E-state index contributed by atoms with van der Waals surface area (Å²) in [4.78, 5) is 14.8. The molecule has 1 aliphatic rings. The van der Waals surface area contributed by atoms with Gasteiger partial charge in [-0.3, -0.25) is 10.1 Å². The Balaban J connectivity index is 2.30. The molecule has 1 aromatic rings. The van der Waals surface area contributed by atoms with Crippen molar-refractivity contribution >= 4 is 11.5 Å². The molecule has 1 atom stereocenters. The molecule has 1 unspecified atom stereocenters. The number of hydrogen-bond acceptors (Lipinski definition) is 5. The molecule has 1 fully saturated rings. The summed E-state index contributed by atoms with van der Waals surface area (Å²) in [6.45, 7) is 4.22. The summed E-state index contributed by atoms with van der Waals surface area (Å²) in [5.74, 6) is 0.788. The molecule has 6 nitrogen and oxygen atoms in total. The lowest BCUT2D eigenvalue weighted by Gasteiger charge is -2.29. The van der Waals surface area contributed by atoms with E-state index in [1.807, 2.05) is 6.92 Å². The van der Waals surface area contributed by atoms with E-state index in [0.29, 0.717) is 18.3 Å². The van der Waals surface area contributed by atoms with Crippen LogP contribution in [0, 0.1) is 23.0 Å². The molecule has 2 rings (SSSR count). The molecule has 0 saturated heterocycles. The van der Waals surface area contributed by atoms with E-state index in [0.717, 1.165) is 18.4 Å². The molecule has 18 heavy (non-hydrogen) atoms. The van der Waals surface area contributed by atoms with Gasteiger partial charge in [-0.15, -0.1) is 0 Å². The second-order valence-electron chi connectivity index (χ2n) is 5.16. The van der Waals surface area contributed by atoms with Crippen molar-refractivity contribution in [2.24, 2.45) is 11.7 Å². The number of pyridine rings is 1. The number of aromatic nitrogens is 1. The van der Waals surface area contributed by atoms with E-state index < -0.39 is 4.92 Å². The number of anilines is 1. The van der Waals surface area contributed by atoms with Gasteiger partial charge >= 0.3 is 5.69 Å². The molecular weight excluding hydrogens is 232 g/mol. The van der Waals surface area contributed by atoms with Crippen LogP contribution in [0.4, 0.5) is 11.5 Å². The first-order valence-corrected chi connectivity index (χ1v) is 6.05. The van der Waals surface area contributed by atoms with Gasteiger partial charge in [0.15, 0.2) is 0 Å². The minimum absolute atomic E-state index is 0.00956. The lowest BCUT2D eigenvalue weighted by molar-refractivity contribution is -0.384. The molecule has 1 aromatic heterocycles. The SMILES string of the molecule is Cc1cnc(NC(C)(CN)C2CC2)c([N+](=O)[O-])c1. The maximum absolute atomic E-state index is 11.0. The molecule has 6 heteroatoms. The lowest BCUT2D eigenvalue weighted by atomic mass is 9.96. The van der Waals surface area contributed by atoms with Gasteiger partial charge in [-0.1, -0.05) is 0 Å². The van der Waals surface area contributed by atoms with E-state index in [4.69, 9.17) is 5.73 Å². The van der Waals surface area contributed by atoms with Crippen LogP contribution in [0.25, 0.3) is 0 Å². The van der Waals surface area contributed by atoms with Crippen molar-refractivity contribution in [2.45, 2.75) is 32.2 Å². The Hall–Kier alpha value is -1.69. The molecule has 0 bridgehead atoms. The molecule has 1 heterocycles. The molecule has 0 radical (unpaired) electrons. The summed E-state index contributed by atoms with van der Waals surface area (Å²) in [6.07, 6.45) is 3.85. The van der Waals surface area contributed by atoms with Gasteiger partial charge in [-0.05, 0) is 38.2 Å². The molecule has 1 aliphatic carbocycles. The zero-order chi connectivity index (χ0) is 13.3. The topological polar surface area (TPSA) is 94.1 Å². The zero-order valence-electron chi connectivity index (χ0n) is 10.6. The third-order valence-corrected chi connectivity index (χ3v) is 3.51. The summed E-state index contributed by atoms with van der Waals surface area (Å²) < 4.78 is 0. The minimum Gasteiger partial charge on any atom is -0.358 e. The molecule has 0 amide bonds. The largest absolute Gasteiger partial charge is 0.358 e. The van der Waals surface area contributed by atoms with Crippen LogP contribution in [0.15, 0.2) is 12.3 Å².